The lowest BCUT2D eigenvalue weighted by Crippen LogP contribution is -2.14. The fraction of sp³-hybridized carbons (Fsp3) is 0.312. The van der Waals surface area contributed by atoms with Crippen LogP contribution in [0, 0.1) is 5.82 Å². The molecule has 1 N–H and O–H groups in total. The van der Waals surface area contributed by atoms with E-state index < -0.39 is 0 Å². The van der Waals surface area contributed by atoms with Crippen molar-refractivity contribution in [2.24, 2.45) is 0 Å². The molecule has 5 heteroatoms. The summed E-state index contributed by atoms with van der Waals surface area (Å²) >= 11 is 6.14. The molecule has 3 nitrogen and oxygen atoms in total. The standard InChI is InChI=1S/C16H18ClFN2O/c1-2-7-19-9-12-8-14(17)16(20-10-12)21-11-13-5-3-4-6-15(13)18/h3-6,8,10,19H,2,7,9,11H2,1H3. The largest absolute Gasteiger partial charge is 0.472 e. The lowest BCUT2D eigenvalue weighted by atomic mass is 10.2. The first-order valence-corrected chi connectivity index (χ1v) is 7.30. The van der Waals surface area contributed by atoms with Crippen LogP contribution >= 0.6 is 11.6 Å². The number of benzene rings is 1. The predicted octanol–water partition coefficient (Wildman–Crippen LogP) is 3.95. The van der Waals surface area contributed by atoms with Crippen LogP contribution in [0.25, 0.3) is 0 Å². The van der Waals surface area contributed by atoms with Gasteiger partial charge in [0.15, 0.2) is 0 Å². The van der Waals surface area contributed by atoms with Crippen LogP contribution in [-0.4, -0.2) is 11.5 Å². The summed E-state index contributed by atoms with van der Waals surface area (Å²) in [5, 5.41) is 3.71. The second-order valence-electron chi connectivity index (χ2n) is 4.69. The normalized spacial score (nSPS) is 10.6. The van der Waals surface area contributed by atoms with Gasteiger partial charge in [0.05, 0.1) is 0 Å². The minimum absolute atomic E-state index is 0.104. The molecule has 0 radical (unpaired) electrons. The first-order valence-electron chi connectivity index (χ1n) is 6.92. The van der Waals surface area contributed by atoms with E-state index in [2.05, 4.69) is 17.2 Å². The maximum absolute atomic E-state index is 13.5. The third-order valence-electron chi connectivity index (χ3n) is 2.94. The van der Waals surface area contributed by atoms with E-state index in [1.165, 1.54) is 6.07 Å². The number of rotatable bonds is 7. The average Bonchev–Trinajstić information content (AvgIpc) is 2.48. The van der Waals surface area contributed by atoms with Crippen molar-refractivity contribution in [1.82, 2.24) is 10.3 Å². The van der Waals surface area contributed by atoms with Gasteiger partial charge in [-0.1, -0.05) is 36.7 Å². The van der Waals surface area contributed by atoms with Crippen LogP contribution < -0.4 is 10.1 Å². The van der Waals surface area contributed by atoms with Gasteiger partial charge in [0.1, 0.15) is 17.4 Å². The Kier molecular flexibility index (Phi) is 5.96. The molecule has 0 aliphatic carbocycles. The van der Waals surface area contributed by atoms with Crippen LogP contribution in [0.1, 0.15) is 24.5 Å². The molecule has 0 saturated heterocycles. The van der Waals surface area contributed by atoms with Gasteiger partial charge in [-0.3, -0.25) is 0 Å². The quantitative estimate of drug-likeness (QED) is 0.786. The van der Waals surface area contributed by atoms with Crippen molar-refractivity contribution in [3.8, 4) is 5.88 Å². The molecule has 1 heterocycles. The lowest BCUT2D eigenvalue weighted by molar-refractivity contribution is 0.288. The van der Waals surface area contributed by atoms with Crippen molar-refractivity contribution in [3.05, 3.63) is 58.5 Å². The number of nitrogens with one attached hydrogen (secondary N) is 1. The second kappa shape index (κ2) is 7.96. The Hall–Kier alpha value is -1.65. The Balaban J connectivity index is 1.96. The molecule has 0 aliphatic rings. The van der Waals surface area contributed by atoms with Crippen molar-refractivity contribution >= 4 is 11.6 Å². The number of hydrogen-bond acceptors (Lipinski definition) is 3. The van der Waals surface area contributed by atoms with E-state index in [-0.39, 0.29) is 12.4 Å². The van der Waals surface area contributed by atoms with E-state index in [4.69, 9.17) is 16.3 Å². The van der Waals surface area contributed by atoms with Gasteiger partial charge in [-0.05, 0) is 30.7 Å². The highest BCUT2D eigenvalue weighted by Crippen LogP contribution is 2.23. The minimum atomic E-state index is -0.297. The molecular weight excluding hydrogens is 291 g/mol. The van der Waals surface area contributed by atoms with E-state index in [9.17, 15) is 4.39 Å². The number of nitrogens with zero attached hydrogens (tertiary/aromatic N) is 1. The van der Waals surface area contributed by atoms with Crippen LogP contribution in [0.15, 0.2) is 36.5 Å². The number of ether oxygens (including phenoxy) is 1. The minimum Gasteiger partial charge on any atom is -0.472 e. The number of hydrogen-bond donors (Lipinski definition) is 1. The van der Waals surface area contributed by atoms with E-state index in [0.29, 0.717) is 23.0 Å². The van der Waals surface area contributed by atoms with Crippen LogP contribution in [0.2, 0.25) is 5.02 Å². The molecule has 0 aliphatic heterocycles. The zero-order valence-corrected chi connectivity index (χ0v) is 12.7. The molecule has 0 saturated carbocycles. The fourth-order valence-electron chi connectivity index (χ4n) is 1.84. The van der Waals surface area contributed by atoms with Crippen molar-refractivity contribution in [2.45, 2.75) is 26.5 Å². The highest BCUT2D eigenvalue weighted by Gasteiger charge is 2.07. The highest BCUT2D eigenvalue weighted by molar-refractivity contribution is 6.31. The Bertz CT molecular complexity index is 592. The molecule has 0 bridgehead atoms. The second-order valence-corrected chi connectivity index (χ2v) is 5.09. The van der Waals surface area contributed by atoms with Gasteiger partial charge in [0.25, 0.3) is 0 Å². The molecule has 0 atom stereocenters. The van der Waals surface area contributed by atoms with E-state index >= 15 is 0 Å². The highest BCUT2D eigenvalue weighted by atomic mass is 35.5. The zero-order valence-electron chi connectivity index (χ0n) is 11.9. The summed E-state index contributed by atoms with van der Waals surface area (Å²) in [6.45, 7) is 3.88. The predicted molar refractivity (Wildman–Crippen MR) is 82.0 cm³/mol. The summed E-state index contributed by atoms with van der Waals surface area (Å²) < 4.78 is 19.0. The molecule has 0 unspecified atom stereocenters. The number of halogens is 2. The fourth-order valence-corrected chi connectivity index (χ4v) is 2.08. The molecule has 0 spiro atoms. The van der Waals surface area contributed by atoms with Crippen molar-refractivity contribution in [1.29, 1.82) is 0 Å². The first kappa shape index (κ1) is 15.7. The summed E-state index contributed by atoms with van der Waals surface area (Å²) in [6, 6.07) is 8.29. The third-order valence-corrected chi connectivity index (χ3v) is 3.21. The van der Waals surface area contributed by atoms with E-state index in [1.54, 1.807) is 24.4 Å². The smallest absolute Gasteiger partial charge is 0.232 e. The molecule has 0 amide bonds. The number of aromatic nitrogens is 1. The van der Waals surface area contributed by atoms with E-state index in [0.717, 1.165) is 18.5 Å². The Morgan fingerprint density at radius 3 is 2.86 bits per heavy atom. The van der Waals surface area contributed by atoms with Crippen LogP contribution in [0.3, 0.4) is 0 Å². The Labute approximate surface area is 129 Å². The van der Waals surface area contributed by atoms with Crippen LogP contribution in [0.5, 0.6) is 5.88 Å². The molecule has 112 valence electrons. The van der Waals surface area contributed by atoms with Crippen molar-refractivity contribution in [2.75, 3.05) is 6.54 Å². The van der Waals surface area contributed by atoms with Crippen molar-refractivity contribution in [3.63, 3.8) is 0 Å². The number of pyridine rings is 1. The summed E-state index contributed by atoms with van der Waals surface area (Å²) in [5.41, 5.74) is 1.47. The monoisotopic (exact) mass is 308 g/mol. The summed E-state index contributed by atoms with van der Waals surface area (Å²) in [5.74, 6) is 0.0215. The topological polar surface area (TPSA) is 34.2 Å². The summed E-state index contributed by atoms with van der Waals surface area (Å²) in [6.07, 6.45) is 2.79. The third kappa shape index (κ3) is 4.69. The molecule has 2 aromatic rings. The summed E-state index contributed by atoms with van der Waals surface area (Å²) in [7, 11) is 0. The lowest BCUT2D eigenvalue weighted by Gasteiger charge is -2.09. The van der Waals surface area contributed by atoms with E-state index in [1.807, 2.05) is 6.07 Å². The average molecular weight is 309 g/mol. The van der Waals surface area contributed by atoms with Gasteiger partial charge in [0, 0.05) is 18.3 Å². The molecule has 2 rings (SSSR count). The maximum Gasteiger partial charge on any atom is 0.232 e. The van der Waals surface area contributed by atoms with Gasteiger partial charge in [-0.25, -0.2) is 9.37 Å². The van der Waals surface area contributed by atoms with Gasteiger partial charge in [0.2, 0.25) is 5.88 Å². The van der Waals surface area contributed by atoms with Gasteiger partial charge in [-0.2, -0.15) is 0 Å². The first-order chi connectivity index (χ1) is 10.2. The van der Waals surface area contributed by atoms with Gasteiger partial charge < -0.3 is 10.1 Å². The molecular formula is C16H18ClFN2O. The molecule has 1 aromatic carbocycles. The Morgan fingerprint density at radius 1 is 1.33 bits per heavy atom. The van der Waals surface area contributed by atoms with Crippen LogP contribution in [-0.2, 0) is 13.2 Å². The van der Waals surface area contributed by atoms with Crippen LogP contribution in [0.4, 0.5) is 4.39 Å². The van der Waals surface area contributed by atoms with Crippen molar-refractivity contribution < 1.29 is 9.13 Å². The molecule has 21 heavy (non-hydrogen) atoms. The maximum atomic E-state index is 13.5. The SMILES string of the molecule is CCCNCc1cnc(OCc2ccccc2F)c(Cl)c1. The molecule has 0 fully saturated rings. The van der Waals surface area contributed by atoms with Gasteiger partial charge in [-0.15, -0.1) is 0 Å². The summed E-state index contributed by atoms with van der Waals surface area (Å²) in [4.78, 5) is 4.19. The zero-order chi connectivity index (χ0) is 15.1. The molecule has 1 aromatic heterocycles. The Morgan fingerprint density at radius 2 is 2.14 bits per heavy atom. The van der Waals surface area contributed by atoms with Gasteiger partial charge >= 0.3 is 0 Å².